The molecule has 1 fully saturated rings. The van der Waals surface area contributed by atoms with Crippen LogP contribution in [-0.4, -0.2) is 42.2 Å². The van der Waals surface area contributed by atoms with Crippen LogP contribution in [-0.2, 0) is 21.5 Å². The van der Waals surface area contributed by atoms with E-state index in [1.165, 1.54) is 11.3 Å². The number of hydrogen-bond donors (Lipinski definition) is 1. The Labute approximate surface area is 272 Å². The fraction of sp³-hybridized carbons (Fsp3) is 0.263. The second-order valence-corrected chi connectivity index (χ2v) is 13.5. The third-order valence-electron chi connectivity index (χ3n) is 9.93. The first-order valence-corrected chi connectivity index (χ1v) is 16.6. The summed E-state index contributed by atoms with van der Waals surface area (Å²) in [6.45, 7) is 13.6. The smallest absolute Gasteiger partial charge is 0.284 e. The van der Waals surface area contributed by atoms with Crippen LogP contribution in [0.4, 0.5) is 10.9 Å². The molecule has 1 atom stereocenters. The maximum absolute atomic E-state index is 14.1. The van der Waals surface area contributed by atoms with Crippen molar-refractivity contribution >= 4 is 28.2 Å². The highest BCUT2D eigenvalue weighted by Gasteiger charge is 2.64. The lowest BCUT2D eigenvalue weighted by molar-refractivity contribution is -0.127. The Bertz CT molecular complexity index is 1930. The van der Waals surface area contributed by atoms with Gasteiger partial charge in [0.15, 0.2) is 5.13 Å². The van der Waals surface area contributed by atoms with Crippen LogP contribution in [0.5, 0.6) is 0 Å². The molecule has 228 valence electrons. The Morgan fingerprint density at radius 3 is 2.30 bits per heavy atom. The number of rotatable bonds is 6. The van der Waals surface area contributed by atoms with Gasteiger partial charge in [0.2, 0.25) is 5.91 Å². The second kappa shape index (κ2) is 11.2. The number of ether oxygens (including phenoxy) is 1. The van der Waals surface area contributed by atoms with Gasteiger partial charge < -0.3 is 15.0 Å². The topological polar surface area (TPSA) is 71.7 Å². The van der Waals surface area contributed by atoms with Crippen molar-refractivity contribution in [1.29, 1.82) is 0 Å². The van der Waals surface area contributed by atoms with Gasteiger partial charge in [0.1, 0.15) is 5.82 Å². The molecule has 46 heavy (non-hydrogen) atoms. The number of anilines is 2. The van der Waals surface area contributed by atoms with Crippen LogP contribution in [0.1, 0.15) is 52.8 Å². The fourth-order valence-electron chi connectivity index (χ4n) is 7.69. The standard InChI is InChI=1S/C38H33N5O2S/c1-37(24-38(39-2)31-9-5-3-7-29(31)34(37)30-8-4-6-10-32(30)38)35(44)42-36-41-28(23-46-36)21-25-11-13-26(14-12-25)27-15-16-33(40-22-27)43-17-19-45-20-18-43/h3-16,22-23,34H,17-21,24H2,1H3,(H,41,42,44). The molecule has 4 aliphatic rings. The summed E-state index contributed by atoms with van der Waals surface area (Å²) in [7, 11) is 0. The zero-order chi connectivity index (χ0) is 31.3. The maximum Gasteiger partial charge on any atom is 0.284 e. The van der Waals surface area contributed by atoms with Crippen molar-refractivity contribution in [2.75, 3.05) is 36.5 Å². The Kier molecular flexibility index (Phi) is 6.97. The summed E-state index contributed by atoms with van der Waals surface area (Å²) in [6.07, 6.45) is 3.04. The number of carbonyl (C=O) groups is 1. The molecule has 8 heteroatoms. The van der Waals surface area contributed by atoms with Crippen LogP contribution < -0.4 is 10.2 Å². The first-order chi connectivity index (χ1) is 22.5. The molecule has 1 N–H and O–H groups in total. The van der Waals surface area contributed by atoms with Crippen molar-refractivity contribution in [1.82, 2.24) is 9.97 Å². The van der Waals surface area contributed by atoms with E-state index < -0.39 is 11.0 Å². The van der Waals surface area contributed by atoms with Gasteiger partial charge >= 0.3 is 0 Å². The zero-order valence-corrected chi connectivity index (χ0v) is 26.4. The molecule has 1 aliphatic heterocycles. The first-order valence-electron chi connectivity index (χ1n) is 15.7. The molecule has 3 aromatic carbocycles. The molecule has 0 spiro atoms. The first kappa shape index (κ1) is 28.6. The minimum absolute atomic E-state index is 0.0898. The van der Waals surface area contributed by atoms with Crippen molar-refractivity contribution in [3.63, 3.8) is 0 Å². The summed E-state index contributed by atoms with van der Waals surface area (Å²) in [6, 6.07) is 29.0. The molecule has 2 aromatic heterocycles. The third-order valence-corrected chi connectivity index (χ3v) is 10.7. The van der Waals surface area contributed by atoms with Crippen LogP contribution in [0.3, 0.4) is 0 Å². The Hall–Kier alpha value is -4.84. The summed E-state index contributed by atoms with van der Waals surface area (Å²) in [5.74, 6) is 0.765. The SMILES string of the molecule is [C-]#[N+]C12CC(C)(C(=O)Nc3nc(Cc4ccc(-c5ccc(N6CCOCC6)nc5)cc4)cs3)C(c3ccccc31)c1ccccc12. The number of pyridine rings is 1. The zero-order valence-electron chi connectivity index (χ0n) is 25.6. The number of amides is 1. The summed E-state index contributed by atoms with van der Waals surface area (Å²) < 4.78 is 5.45. The van der Waals surface area contributed by atoms with E-state index in [-0.39, 0.29) is 11.8 Å². The summed E-state index contributed by atoms with van der Waals surface area (Å²) >= 11 is 1.45. The number of morpholine rings is 1. The lowest BCUT2D eigenvalue weighted by Crippen LogP contribution is -2.53. The third kappa shape index (κ3) is 4.61. The van der Waals surface area contributed by atoms with E-state index in [2.05, 4.69) is 80.7 Å². The van der Waals surface area contributed by atoms with Crippen LogP contribution in [0.25, 0.3) is 16.0 Å². The highest BCUT2D eigenvalue weighted by Crippen LogP contribution is 2.64. The number of fused-ring (bicyclic) bond motifs is 1. The molecule has 5 aromatic rings. The van der Waals surface area contributed by atoms with Crippen molar-refractivity contribution in [3.8, 4) is 11.1 Å². The van der Waals surface area contributed by atoms with Gasteiger partial charge in [0, 0.05) is 60.1 Å². The summed E-state index contributed by atoms with van der Waals surface area (Å²) in [5, 5.41) is 5.75. The van der Waals surface area contributed by atoms with Crippen LogP contribution in [0, 0.1) is 12.0 Å². The number of benzene rings is 3. The van der Waals surface area contributed by atoms with Crippen molar-refractivity contribution in [2.45, 2.75) is 31.2 Å². The van der Waals surface area contributed by atoms with Gasteiger partial charge in [-0.3, -0.25) is 9.64 Å². The molecule has 1 amide bonds. The van der Waals surface area contributed by atoms with Crippen molar-refractivity contribution in [3.05, 3.63) is 141 Å². The van der Waals surface area contributed by atoms with Crippen molar-refractivity contribution in [2.24, 2.45) is 5.41 Å². The number of thiazole rings is 1. The molecule has 3 aliphatic carbocycles. The second-order valence-electron chi connectivity index (χ2n) is 12.7. The quantitative estimate of drug-likeness (QED) is 0.201. The lowest BCUT2D eigenvalue weighted by Gasteiger charge is -2.51. The number of hydrogen-bond acceptors (Lipinski definition) is 6. The lowest BCUT2D eigenvalue weighted by atomic mass is 9.49. The van der Waals surface area contributed by atoms with Gasteiger partial charge in [-0.25, -0.2) is 16.5 Å². The van der Waals surface area contributed by atoms with Crippen molar-refractivity contribution < 1.29 is 9.53 Å². The van der Waals surface area contributed by atoms with E-state index in [9.17, 15) is 4.79 Å². The van der Waals surface area contributed by atoms with E-state index in [1.807, 2.05) is 42.8 Å². The molecule has 0 radical (unpaired) electrons. The fourth-order valence-corrected chi connectivity index (χ4v) is 8.40. The maximum atomic E-state index is 14.1. The number of nitrogens with zero attached hydrogens (tertiary/aromatic N) is 4. The average Bonchev–Trinajstić information content (AvgIpc) is 3.55. The Balaban J connectivity index is 0.978. The molecule has 3 heterocycles. The molecule has 2 bridgehead atoms. The molecular weight excluding hydrogens is 591 g/mol. The normalized spacial score (nSPS) is 22.9. The molecule has 1 saturated heterocycles. The van der Waals surface area contributed by atoms with E-state index >= 15 is 0 Å². The van der Waals surface area contributed by atoms with E-state index in [1.54, 1.807) is 0 Å². The summed E-state index contributed by atoms with van der Waals surface area (Å²) in [4.78, 5) is 30.1. The Morgan fingerprint density at radius 2 is 1.65 bits per heavy atom. The van der Waals surface area contributed by atoms with Gasteiger partial charge in [-0.2, -0.15) is 0 Å². The minimum Gasteiger partial charge on any atom is -0.378 e. The molecule has 9 rings (SSSR count). The predicted molar refractivity (Wildman–Crippen MR) is 181 cm³/mol. The van der Waals surface area contributed by atoms with Gasteiger partial charge in [-0.15, -0.1) is 11.3 Å². The van der Waals surface area contributed by atoms with E-state index in [0.29, 0.717) is 18.0 Å². The van der Waals surface area contributed by atoms with Gasteiger partial charge in [-0.1, -0.05) is 72.8 Å². The Morgan fingerprint density at radius 1 is 0.978 bits per heavy atom. The highest BCUT2D eigenvalue weighted by molar-refractivity contribution is 7.13. The largest absolute Gasteiger partial charge is 0.378 e. The van der Waals surface area contributed by atoms with Crippen LogP contribution in [0.15, 0.2) is 96.5 Å². The van der Waals surface area contributed by atoms with Crippen LogP contribution >= 0.6 is 11.3 Å². The van der Waals surface area contributed by atoms with Gasteiger partial charge in [-0.05, 0) is 41.3 Å². The monoisotopic (exact) mass is 623 g/mol. The number of aromatic nitrogens is 2. The van der Waals surface area contributed by atoms with Gasteiger partial charge in [0.05, 0.1) is 24.3 Å². The van der Waals surface area contributed by atoms with Gasteiger partial charge in [0.25, 0.3) is 5.54 Å². The average molecular weight is 624 g/mol. The highest BCUT2D eigenvalue weighted by atomic mass is 32.1. The summed E-state index contributed by atoms with van der Waals surface area (Å²) in [5.41, 5.74) is 6.79. The molecule has 7 nitrogen and oxygen atoms in total. The predicted octanol–water partition coefficient (Wildman–Crippen LogP) is 7.29. The molecular formula is C38H33N5O2S. The molecule has 0 saturated carbocycles. The minimum atomic E-state index is -0.880. The van der Waals surface area contributed by atoms with Crippen LogP contribution in [0.2, 0.25) is 0 Å². The van der Waals surface area contributed by atoms with E-state index in [0.717, 1.165) is 76.8 Å². The number of nitrogens with one attached hydrogen (secondary N) is 1. The molecule has 1 unspecified atom stereocenters. The van der Waals surface area contributed by atoms with E-state index in [4.69, 9.17) is 16.3 Å². The number of carbonyl (C=O) groups excluding carboxylic acids is 1.